The van der Waals surface area contributed by atoms with E-state index in [9.17, 15) is 4.79 Å². The highest BCUT2D eigenvalue weighted by atomic mass is 16.5. The molecule has 2 aromatic carbocycles. The van der Waals surface area contributed by atoms with Crippen LogP contribution < -0.4 is 4.74 Å². The Labute approximate surface area is 154 Å². The third kappa shape index (κ3) is 4.31. The minimum Gasteiger partial charge on any atom is -0.493 e. The van der Waals surface area contributed by atoms with E-state index >= 15 is 0 Å². The third-order valence-electron chi connectivity index (χ3n) is 4.39. The van der Waals surface area contributed by atoms with Gasteiger partial charge in [-0.2, -0.15) is 5.26 Å². The number of carbonyl (C=O) groups is 1. The Balaban J connectivity index is 1.68. The molecule has 1 aliphatic heterocycles. The van der Waals surface area contributed by atoms with E-state index in [4.69, 9.17) is 10.00 Å². The van der Waals surface area contributed by atoms with Crippen molar-refractivity contribution in [3.63, 3.8) is 0 Å². The Hall–Kier alpha value is -3.06. The molecule has 132 valence electrons. The van der Waals surface area contributed by atoms with E-state index in [-0.39, 0.29) is 5.91 Å². The number of nitrogens with zero attached hydrogens (tertiary/aromatic N) is 2. The summed E-state index contributed by atoms with van der Waals surface area (Å²) < 4.78 is 5.51. The summed E-state index contributed by atoms with van der Waals surface area (Å²) in [5, 5.41) is 8.89. The lowest BCUT2D eigenvalue weighted by Crippen LogP contribution is -2.29. The number of benzene rings is 2. The van der Waals surface area contributed by atoms with Gasteiger partial charge in [-0.3, -0.25) is 4.79 Å². The molecule has 4 heteroatoms. The van der Waals surface area contributed by atoms with Gasteiger partial charge in [0.1, 0.15) is 5.75 Å². The van der Waals surface area contributed by atoms with Gasteiger partial charge in [0.05, 0.1) is 18.2 Å². The van der Waals surface area contributed by atoms with Crippen molar-refractivity contribution in [2.45, 2.75) is 26.3 Å². The fraction of sp³-hybridized carbons (Fsp3) is 0.273. The SMILES string of the molecule is CCCN(Cc1ccc(C#N)cc1)C(=O)/C=C/c1ccc2c(c1)CCO2. The Bertz CT molecular complexity index is 847. The van der Waals surface area contributed by atoms with Crippen molar-refractivity contribution in [3.8, 4) is 11.8 Å². The van der Waals surface area contributed by atoms with Gasteiger partial charge in [-0.25, -0.2) is 0 Å². The summed E-state index contributed by atoms with van der Waals surface area (Å²) in [5.74, 6) is 0.940. The van der Waals surface area contributed by atoms with Gasteiger partial charge in [-0.15, -0.1) is 0 Å². The highest BCUT2D eigenvalue weighted by molar-refractivity contribution is 5.91. The fourth-order valence-corrected chi connectivity index (χ4v) is 3.03. The maximum absolute atomic E-state index is 12.6. The van der Waals surface area contributed by atoms with Crippen molar-refractivity contribution in [2.75, 3.05) is 13.2 Å². The van der Waals surface area contributed by atoms with Crippen LogP contribution in [0.15, 0.2) is 48.5 Å². The van der Waals surface area contributed by atoms with Crippen molar-refractivity contribution >= 4 is 12.0 Å². The van der Waals surface area contributed by atoms with Crippen LogP contribution in [0.5, 0.6) is 5.75 Å². The summed E-state index contributed by atoms with van der Waals surface area (Å²) in [6.07, 6.45) is 5.32. The number of fused-ring (bicyclic) bond motifs is 1. The number of rotatable bonds is 6. The number of amides is 1. The first kappa shape index (κ1) is 17.8. The van der Waals surface area contributed by atoms with E-state index in [1.54, 1.807) is 18.2 Å². The molecule has 0 unspecified atom stereocenters. The van der Waals surface area contributed by atoms with Crippen LogP contribution in [-0.4, -0.2) is 24.0 Å². The van der Waals surface area contributed by atoms with E-state index in [2.05, 4.69) is 19.1 Å². The average Bonchev–Trinajstić information content (AvgIpc) is 3.14. The van der Waals surface area contributed by atoms with Crippen LogP contribution >= 0.6 is 0 Å². The first-order chi connectivity index (χ1) is 12.7. The number of hydrogen-bond donors (Lipinski definition) is 0. The van der Waals surface area contributed by atoms with E-state index < -0.39 is 0 Å². The van der Waals surface area contributed by atoms with Gasteiger partial charge in [-0.1, -0.05) is 25.1 Å². The van der Waals surface area contributed by atoms with Gasteiger partial charge in [0.25, 0.3) is 0 Å². The second-order valence-corrected chi connectivity index (χ2v) is 6.37. The van der Waals surface area contributed by atoms with Crippen LogP contribution in [0.1, 0.15) is 35.6 Å². The molecule has 0 aromatic heterocycles. The lowest BCUT2D eigenvalue weighted by Gasteiger charge is -2.20. The van der Waals surface area contributed by atoms with Gasteiger partial charge in [0.2, 0.25) is 5.91 Å². The molecule has 0 bridgehead atoms. The van der Waals surface area contributed by atoms with Crippen molar-refractivity contribution in [1.82, 2.24) is 4.90 Å². The minimum absolute atomic E-state index is 0.00652. The maximum Gasteiger partial charge on any atom is 0.246 e. The second kappa shape index (κ2) is 8.35. The first-order valence-corrected chi connectivity index (χ1v) is 8.91. The average molecular weight is 346 g/mol. The van der Waals surface area contributed by atoms with E-state index in [1.165, 1.54) is 5.56 Å². The zero-order valence-corrected chi connectivity index (χ0v) is 14.9. The highest BCUT2D eigenvalue weighted by Crippen LogP contribution is 2.26. The largest absolute Gasteiger partial charge is 0.493 e. The molecular formula is C22H22N2O2. The zero-order valence-electron chi connectivity index (χ0n) is 14.9. The number of nitriles is 1. The van der Waals surface area contributed by atoms with E-state index in [0.29, 0.717) is 18.7 Å². The summed E-state index contributed by atoms with van der Waals surface area (Å²) in [4.78, 5) is 14.5. The molecule has 0 fully saturated rings. The van der Waals surface area contributed by atoms with Gasteiger partial charge in [0.15, 0.2) is 0 Å². The molecule has 0 atom stereocenters. The molecule has 3 rings (SSSR count). The van der Waals surface area contributed by atoms with Crippen LogP contribution in [-0.2, 0) is 17.8 Å². The molecule has 0 saturated heterocycles. The van der Waals surface area contributed by atoms with Gasteiger partial charge >= 0.3 is 0 Å². The summed E-state index contributed by atoms with van der Waals surface area (Å²) in [6, 6.07) is 15.5. The highest BCUT2D eigenvalue weighted by Gasteiger charge is 2.13. The summed E-state index contributed by atoms with van der Waals surface area (Å²) in [6.45, 7) is 4.03. The fourth-order valence-electron chi connectivity index (χ4n) is 3.03. The Morgan fingerprint density at radius 2 is 2.08 bits per heavy atom. The molecule has 0 saturated carbocycles. The predicted molar refractivity (Wildman–Crippen MR) is 102 cm³/mol. The molecule has 4 nitrogen and oxygen atoms in total. The van der Waals surface area contributed by atoms with Gasteiger partial charge in [-0.05, 0) is 53.5 Å². The van der Waals surface area contributed by atoms with Crippen LogP contribution in [0.25, 0.3) is 6.08 Å². The van der Waals surface area contributed by atoms with Crippen LogP contribution in [0.3, 0.4) is 0 Å². The quantitative estimate of drug-likeness (QED) is 0.744. The van der Waals surface area contributed by atoms with Crippen LogP contribution in [0, 0.1) is 11.3 Å². The lowest BCUT2D eigenvalue weighted by atomic mass is 10.1. The maximum atomic E-state index is 12.6. The molecule has 1 amide bonds. The second-order valence-electron chi connectivity index (χ2n) is 6.37. The normalized spacial score (nSPS) is 12.5. The molecule has 0 aliphatic carbocycles. The number of hydrogen-bond acceptors (Lipinski definition) is 3. The zero-order chi connectivity index (χ0) is 18.4. The first-order valence-electron chi connectivity index (χ1n) is 8.91. The minimum atomic E-state index is -0.00652. The van der Waals surface area contributed by atoms with Crippen molar-refractivity contribution in [2.24, 2.45) is 0 Å². The number of carbonyl (C=O) groups excluding carboxylic acids is 1. The molecule has 0 N–H and O–H groups in total. The van der Waals surface area contributed by atoms with E-state index in [0.717, 1.165) is 36.3 Å². The third-order valence-corrected chi connectivity index (χ3v) is 4.39. The topological polar surface area (TPSA) is 53.3 Å². The summed E-state index contributed by atoms with van der Waals surface area (Å²) in [7, 11) is 0. The van der Waals surface area contributed by atoms with Crippen LogP contribution in [0.2, 0.25) is 0 Å². The van der Waals surface area contributed by atoms with Crippen molar-refractivity contribution in [3.05, 3.63) is 70.8 Å². The van der Waals surface area contributed by atoms with Gasteiger partial charge in [0, 0.05) is 25.6 Å². The smallest absolute Gasteiger partial charge is 0.246 e. The standard InChI is InChI=1S/C22H22N2O2/c1-2-12-24(16-19-5-3-18(15-23)4-6-19)22(25)10-8-17-7-9-21-20(14-17)11-13-26-21/h3-10,14H,2,11-13,16H2,1H3/b10-8+. The molecule has 2 aromatic rings. The lowest BCUT2D eigenvalue weighted by molar-refractivity contribution is -0.126. The van der Waals surface area contributed by atoms with E-state index in [1.807, 2.05) is 35.2 Å². The van der Waals surface area contributed by atoms with Gasteiger partial charge < -0.3 is 9.64 Å². The Kier molecular flexibility index (Phi) is 5.70. The van der Waals surface area contributed by atoms with Crippen LogP contribution in [0.4, 0.5) is 0 Å². The number of ether oxygens (including phenoxy) is 1. The molecule has 0 radical (unpaired) electrons. The summed E-state index contributed by atoms with van der Waals surface area (Å²) >= 11 is 0. The molecule has 1 heterocycles. The molecular weight excluding hydrogens is 324 g/mol. The Morgan fingerprint density at radius 3 is 2.81 bits per heavy atom. The summed E-state index contributed by atoms with van der Waals surface area (Å²) in [5.41, 5.74) is 3.86. The van der Waals surface area contributed by atoms with Crippen molar-refractivity contribution < 1.29 is 9.53 Å². The Morgan fingerprint density at radius 1 is 1.27 bits per heavy atom. The molecule has 1 aliphatic rings. The molecule has 26 heavy (non-hydrogen) atoms. The molecule has 0 spiro atoms. The predicted octanol–water partition coefficient (Wildman–Crippen LogP) is 3.95. The monoisotopic (exact) mass is 346 g/mol. The van der Waals surface area contributed by atoms with Crippen molar-refractivity contribution in [1.29, 1.82) is 5.26 Å².